The summed E-state index contributed by atoms with van der Waals surface area (Å²) in [7, 11) is -1.62. The molecule has 0 fully saturated rings. The Morgan fingerprint density at radius 3 is 2.32 bits per heavy atom. The van der Waals surface area contributed by atoms with E-state index < -0.39 is 8.32 Å². The third kappa shape index (κ3) is 8.15. The highest BCUT2D eigenvalue weighted by atomic mass is 127. The lowest BCUT2D eigenvalue weighted by molar-refractivity contribution is 0.327. The first-order valence-corrected chi connectivity index (χ1v) is 11.3. The van der Waals surface area contributed by atoms with E-state index in [1.807, 2.05) is 6.08 Å². The van der Waals surface area contributed by atoms with Crippen LogP contribution in [0.2, 0.25) is 18.1 Å². The van der Waals surface area contributed by atoms with Crippen LogP contribution in [-0.4, -0.2) is 24.5 Å². The van der Waals surface area contributed by atoms with E-state index in [4.69, 9.17) is 4.43 Å². The molecule has 0 aromatic rings. The molecule has 0 aromatic carbocycles. The average molecular weight is 396 g/mol. The number of alkyl halides is 1. The van der Waals surface area contributed by atoms with Crippen molar-refractivity contribution in [3.8, 4) is 0 Å². The molecule has 0 aliphatic carbocycles. The molecule has 0 amide bonds. The zero-order valence-corrected chi connectivity index (χ0v) is 16.4. The fraction of sp³-hybridized carbons (Fsp3) is 0.733. The molecule has 0 saturated heterocycles. The lowest BCUT2D eigenvalue weighted by Crippen LogP contribution is -2.40. The molecular formula is C15H29IO2Si. The van der Waals surface area contributed by atoms with Gasteiger partial charge in [0, 0.05) is 0 Å². The van der Waals surface area contributed by atoms with Crippen LogP contribution in [0.25, 0.3) is 0 Å². The van der Waals surface area contributed by atoms with Crippen molar-refractivity contribution in [2.45, 2.75) is 58.7 Å². The fourth-order valence-corrected chi connectivity index (χ4v) is 2.48. The summed E-state index contributed by atoms with van der Waals surface area (Å²) < 4.78 is 6.80. The third-order valence-electron chi connectivity index (χ3n) is 3.74. The standard InChI is InChI=1S/C15H29IO2Si/c1-13(8-7-9-14(17)12-16)10-11-18-19(5,6)15(2,3)4/h9-10,17H,7-8,11-12H2,1-6H3/b13-10+,14-9+. The Morgan fingerprint density at radius 2 is 1.84 bits per heavy atom. The number of hydrogen-bond donors (Lipinski definition) is 1. The molecular weight excluding hydrogens is 367 g/mol. The van der Waals surface area contributed by atoms with Crippen LogP contribution in [0.1, 0.15) is 40.5 Å². The third-order valence-corrected chi connectivity index (χ3v) is 9.02. The number of hydrogen-bond acceptors (Lipinski definition) is 2. The summed E-state index contributed by atoms with van der Waals surface area (Å²) in [6.45, 7) is 14.2. The molecule has 0 radical (unpaired) electrons. The van der Waals surface area contributed by atoms with E-state index in [-0.39, 0.29) is 5.04 Å². The predicted molar refractivity (Wildman–Crippen MR) is 95.7 cm³/mol. The molecule has 0 bridgehead atoms. The van der Waals surface area contributed by atoms with E-state index in [0.717, 1.165) is 12.8 Å². The average Bonchev–Trinajstić information content (AvgIpc) is 2.26. The molecule has 0 rings (SSSR count). The lowest BCUT2D eigenvalue weighted by Gasteiger charge is -2.35. The van der Waals surface area contributed by atoms with Gasteiger partial charge in [-0.3, -0.25) is 0 Å². The van der Waals surface area contributed by atoms with Crippen LogP contribution < -0.4 is 0 Å². The van der Waals surface area contributed by atoms with Gasteiger partial charge in [-0.1, -0.05) is 55.0 Å². The van der Waals surface area contributed by atoms with Gasteiger partial charge in [0.2, 0.25) is 0 Å². The second-order valence-electron chi connectivity index (χ2n) is 6.49. The molecule has 0 unspecified atom stereocenters. The van der Waals surface area contributed by atoms with Crippen molar-refractivity contribution in [1.82, 2.24) is 0 Å². The van der Waals surface area contributed by atoms with Crippen molar-refractivity contribution in [2.24, 2.45) is 0 Å². The maximum Gasteiger partial charge on any atom is 0.192 e. The van der Waals surface area contributed by atoms with E-state index in [1.165, 1.54) is 5.57 Å². The van der Waals surface area contributed by atoms with Gasteiger partial charge in [0.1, 0.15) is 0 Å². The summed E-state index contributed by atoms with van der Waals surface area (Å²) in [5, 5.41) is 9.63. The zero-order valence-electron chi connectivity index (χ0n) is 13.2. The van der Waals surface area contributed by atoms with Gasteiger partial charge in [-0.05, 0) is 44.0 Å². The van der Waals surface area contributed by atoms with E-state index in [1.54, 1.807) is 0 Å². The van der Waals surface area contributed by atoms with E-state index >= 15 is 0 Å². The van der Waals surface area contributed by atoms with Crippen LogP contribution in [0.3, 0.4) is 0 Å². The predicted octanol–water partition coefficient (Wildman–Crippen LogP) is 5.61. The lowest BCUT2D eigenvalue weighted by atomic mass is 10.1. The summed E-state index contributed by atoms with van der Waals surface area (Å²) in [4.78, 5) is 0. The molecule has 0 saturated carbocycles. The van der Waals surface area contributed by atoms with Gasteiger partial charge in [-0.2, -0.15) is 0 Å². The largest absolute Gasteiger partial charge is 0.512 e. The van der Waals surface area contributed by atoms with Crippen LogP contribution in [-0.2, 0) is 4.43 Å². The quantitative estimate of drug-likeness (QED) is 0.199. The highest BCUT2D eigenvalue weighted by molar-refractivity contribution is 14.1. The van der Waals surface area contributed by atoms with Crippen molar-refractivity contribution in [3.05, 3.63) is 23.5 Å². The van der Waals surface area contributed by atoms with Crippen LogP contribution in [0, 0.1) is 0 Å². The number of allylic oxidation sites excluding steroid dienone is 3. The first-order chi connectivity index (χ1) is 8.60. The van der Waals surface area contributed by atoms with Crippen LogP contribution in [0.15, 0.2) is 23.5 Å². The Hall–Kier alpha value is 0.187. The van der Waals surface area contributed by atoms with E-state index in [2.05, 4.69) is 69.5 Å². The monoisotopic (exact) mass is 396 g/mol. The first kappa shape index (κ1) is 19.2. The number of aliphatic hydroxyl groups is 1. The Bertz CT molecular complexity index is 328. The van der Waals surface area contributed by atoms with E-state index in [9.17, 15) is 5.11 Å². The molecule has 1 N–H and O–H groups in total. The van der Waals surface area contributed by atoms with Gasteiger partial charge in [0.05, 0.1) is 16.8 Å². The van der Waals surface area contributed by atoms with Crippen molar-refractivity contribution in [3.63, 3.8) is 0 Å². The molecule has 0 atom stereocenters. The molecule has 0 aliphatic heterocycles. The maximum absolute atomic E-state index is 9.36. The normalized spacial score (nSPS) is 14.9. The summed E-state index contributed by atoms with van der Waals surface area (Å²) >= 11 is 2.16. The number of halogens is 1. The fourth-order valence-electron chi connectivity index (χ4n) is 1.23. The Balaban J connectivity index is 4.14. The highest BCUT2D eigenvalue weighted by Crippen LogP contribution is 2.36. The first-order valence-electron chi connectivity index (χ1n) is 6.83. The minimum atomic E-state index is -1.62. The Kier molecular flexibility index (Phi) is 8.55. The topological polar surface area (TPSA) is 29.5 Å². The van der Waals surface area contributed by atoms with Gasteiger partial charge in [-0.25, -0.2) is 0 Å². The molecule has 0 heterocycles. The molecule has 0 spiro atoms. The van der Waals surface area contributed by atoms with Crippen molar-refractivity contribution in [1.29, 1.82) is 0 Å². The van der Waals surface area contributed by atoms with Crippen molar-refractivity contribution < 1.29 is 9.53 Å². The number of aliphatic hydroxyl groups excluding tert-OH is 1. The molecule has 0 aliphatic rings. The second kappa shape index (κ2) is 8.47. The van der Waals surface area contributed by atoms with Gasteiger partial charge in [-0.15, -0.1) is 0 Å². The minimum absolute atomic E-state index is 0.267. The van der Waals surface area contributed by atoms with Crippen molar-refractivity contribution >= 4 is 30.9 Å². The van der Waals surface area contributed by atoms with Gasteiger partial charge >= 0.3 is 0 Å². The molecule has 19 heavy (non-hydrogen) atoms. The maximum atomic E-state index is 9.36. The minimum Gasteiger partial charge on any atom is -0.512 e. The van der Waals surface area contributed by atoms with Crippen molar-refractivity contribution in [2.75, 3.05) is 11.0 Å². The van der Waals surface area contributed by atoms with Crippen LogP contribution in [0.4, 0.5) is 0 Å². The smallest absolute Gasteiger partial charge is 0.192 e. The Morgan fingerprint density at radius 1 is 1.26 bits per heavy atom. The summed E-state index contributed by atoms with van der Waals surface area (Å²) in [6, 6.07) is 0. The molecule has 112 valence electrons. The Labute approximate surface area is 133 Å². The van der Waals surface area contributed by atoms with Gasteiger partial charge in [0.15, 0.2) is 8.32 Å². The van der Waals surface area contributed by atoms with Crippen LogP contribution in [0.5, 0.6) is 0 Å². The summed E-state index contributed by atoms with van der Waals surface area (Å²) in [6.07, 6.45) is 5.97. The summed E-state index contributed by atoms with van der Waals surface area (Å²) in [5.74, 6) is 0.478. The SMILES string of the molecule is C/C(=C\CO[Si](C)(C)C(C)(C)C)CC/C=C(/O)CI. The van der Waals surface area contributed by atoms with E-state index in [0.29, 0.717) is 16.8 Å². The molecule has 2 nitrogen and oxygen atoms in total. The number of rotatable bonds is 7. The second-order valence-corrected chi connectivity index (χ2v) is 12.1. The molecule has 4 heteroatoms. The zero-order chi connectivity index (χ0) is 15.1. The van der Waals surface area contributed by atoms with Crippen LogP contribution >= 0.6 is 22.6 Å². The highest BCUT2D eigenvalue weighted by Gasteiger charge is 2.36. The molecule has 0 aromatic heterocycles. The van der Waals surface area contributed by atoms with Gasteiger partial charge in [0.25, 0.3) is 0 Å². The van der Waals surface area contributed by atoms with Gasteiger partial charge < -0.3 is 9.53 Å². The summed E-state index contributed by atoms with van der Waals surface area (Å²) in [5.41, 5.74) is 1.33.